The van der Waals surface area contributed by atoms with E-state index in [0.29, 0.717) is 11.7 Å². The van der Waals surface area contributed by atoms with Crippen molar-refractivity contribution in [3.8, 4) is 11.8 Å². The number of anilines is 1. The van der Waals surface area contributed by atoms with Crippen molar-refractivity contribution in [2.24, 2.45) is 10.9 Å². The normalized spacial score (nSPS) is 12.3. The van der Waals surface area contributed by atoms with Gasteiger partial charge >= 0.3 is 0 Å². The second kappa shape index (κ2) is 8.98. The molecule has 1 N–H and O–H groups in total. The summed E-state index contributed by atoms with van der Waals surface area (Å²) in [6.45, 7) is 10.4. The zero-order valence-electron chi connectivity index (χ0n) is 15.2. The molecule has 0 aliphatic heterocycles. The minimum Gasteiger partial charge on any atom is -0.366 e. The topological polar surface area (TPSA) is 50.2 Å². The lowest BCUT2D eigenvalue weighted by Crippen LogP contribution is -2.13. The molecule has 4 nitrogen and oxygen atoms in total. The molecule has 0 aliphatic carbocycles. The van der Waals surface area contributed by atoms with Gasteiger partial charge in [0.15, 0.2) is 5.82 Å². The average molecular weight is 375 g/mol. The van der Waals surface area contributed by atoms with E-state index in [9.17, 15) is 0 Å². The summed E-state index contributed by atoms with van der Waals surface area (Å²) in [4.78, 5) is 14.6. The number of aromatic nitrogens is 2. The van der Waals surface area contributed by atoms with Crippen LogP contribution in [0.4, 0.5) is 11.5 Å². The summed E-state index contributed by atoms with van der Waals surface area (Å²) in [6.07, 6.45) is 3.00. The monoisotopic (exact) mass is 374 g/mol. The van der Waals surface area contributed by atoms with Gasteiger partial charge in [0.05, 0.1) is 14.9 Å². The lowest BCUT2D eigenvalue weighted by Gasteiger charge is -2.13. The van der Waals surface area contributed by atoms with Gasteiger partial charge in [-0.05, 0) is 57.1 Å². The molecule has 25 heavy (non-hydrogen) atoms. The molecule has 132 valence electrons. The number of halogens is 1. The number of hydrogen-bond acceptors (Lipinski definition) is 5. The number of aliphatic imine (C=N–C) groups is 1. The number of hydrogen-bond donors (Lipinski definition) is 1. The largest absolute Gasteiger partial charge is 0.366 e. The number of nitrogens with one attached hydrogen (secondary N) is 1. The van der Waals surface area contributed by atoms with E-state index in [-0.39, 0.29) is 6.04 Å². The van der Waals surface area contributed by atoms with Crippen molar-refractivity contribution in [2.75, 3.05) is 5.32 Å². The van der Waals surface area contributed by atoms with Crippen molar-refractivity contribution in [1.29, 1.82) is 0 Å². The SMILES string of the molecule is CCC(C)/C=N\c1c(C)nc(C#Cc2ccc(Cl)s2)nc1NC(C)C. The van der Waals surface area contributed by atoms with Gasteiger partial charge < -0.3 is 5.32 Å². The third-order valence-corrected chi connectivity index (χ3v) is 4.60. The second-order valence-electron chi connectivity index (χ2n) is 6.15. The van der Waals surface area contributed by atoms with Crippen LogP contribution in [0.1, 0.15) is 50.5 Å². The van der Waals surface area contributed by atoms with Crippen LogP contribution in [-0.2, 0) is 0 Å². The molecule has 0 fully saturated rings. The van der Waals surface area contributed by atoms with Gasteiger partial charge in [-0.3, -0.25) is 4.99 Å². The summed E-state index contributed by atoms with van der Waals surface area (Å²) >= 11 is 7.38. The minimum absolute atomic E-state index is 0.240. The van der Waals surface area contributed by atoms with Crippen LogP contribution in [0, 0.1) is 24.7 Å². The Bertz CT molecular complexity index is 815. The maximum Gasteiger partial charge on any atom is 0.207 e. The van der Waals surface area contributed by atoms with E-state index in [4.69, 9.17) is 11.6 Å². The summed E-state index contributed by atoms with van der Waals surface area (Å²) < 4.78 is 0.721. The Morgan fingerprint density at radius 1 is 1.28 bits per heavy atom. The molecule has 0 aliphatic rings. The third kappa shape index (κ3) is 5.84. The van der Waals surface area contributed by atoms with Gasteiger partial charge in [-0.15, -0.1) is 11.3 Å². The summed E-state index contributed by atoms with van der Waals surface area (Å²) in [5.74, 6) is 7.69. The van der Waals surface area contributed by atoms with Crippen LogP contribution >= 0.6 is 22.9 Å². The number of aryl methyl sites for hydroxylation is 1. The predicted octanol–water partition coefficient (Wildman–Crippen LogP) is 5.47. The molecular formula is C19H23ClN4S. The van der Waals surface area contributed by atoms with Gasteiger partial charge in [-0.1, -0.05) is 25.4 Å². The van der Waals surface area contributed by atoms with Crippen LogP contribution in [0.5, 0.6) is 0 Å². The van der Waals surface area contributed by atoms with Crippen molar-refractivity contribution < 1.29 is 0 Å². The highest BCUT2D eigenvalue weighted by molar-refractivity contribution is 7.16. The molecule has 2 rings (SSSR count). The lowest BCUT2D eigenvalue weighted by molar-refractivity contribution is 0.754. The third-order valence-electron chi connectivity index (χ3n) is 3.46. The standard InChI is InChI=1S/C19H23ClN4S/c1-6-13(4)11-21-18-14(5)23-17(24-19(18)22-12(2)3)10-8-15-7-9-16(20)25-15/h7,9,11-13H,6H2,1-5H3,(H,22,23,24)/b21-11-. The van der Waals surface area contributed by atoms with Crippen LogP contribution < -0.4 is 5.32 Å². The first-order valence-corrected chi connectivity index (χ1v) is 9.55. The van der Waals surface area contributed by atoms with Crippen molar-refractivity contribution in [3.63, 3.8) is 0 Å². The van der Waals surface area contributed by atoms with E-state index in [1.54, 1.807) is 0 Å². The highest BCUT2D eigenvalue weighted by Gasteiger charge is 2.11. The van der Waals surface area contributed by atoms with Gasteiger partial charge in [0.2, 0.25) is 5.82 Å². The average Bonchev–Trinajstić information content (AvgIpc) is 2.96. The molecule has 0 bridgehead atoms. The number of thiophene rings is 1. The molecule has 0 saturated carbocycles. The lowest BCUT2D eigenvalue weighted by atomic mass is 10.1. The van der Waals surface area contributed by atoms with E-state index < -0.39 is 0 Å². The van der Waals surface area contributed by atoms with Gasteiger partial charge in [-0.2, -0.15) is 0 Å². The molecule has 0 spiro atoms. The molecule has 0 radical (unpaired) electrons. The Hall–Kier alpha value is -1.90. The fourth-order valence-corrected chi connectivity index (χ4v) is 2.85. The quantitative estimate of drug-likeness (QED) is 0.557. The second-order valence-corrected chi connectivity index (χ2v) is 7.86. The van der Waals surface area contributed by atoms with Gasteiger partial charge in [-0.25, -0.2) is 9.97 Å². The molecule has 1 unspecified atom stereocenters. The highest BCUT2D eigenvalue weighted by atomic mass is 35.5. The van der Waals surface area contributed by atoms with Gasteiger partial charge in [0.1, 0.15) is 5.69 Å². The van der Waals surface area contributed by atoms with Crippen LogP contribution in [0.2, 0.25) is 4.34 Å². The van der Waals surface area contributed by atoms with Crippen LogP contribution in [-0.4, -0.2) is 22.2 Å². The summed E-state index contributed by atoms with van der Waals surface area (Å²) in [7, 11) is 0. The Kier molecular flexibility index (Phi) is 6.98. The number of nitrogens with zero attached hydrogens (tertiary/aromatic N) is 3. The Morgan fingerprint density at radius 3 is 2.64 bits per heavy atom. The fourth-order valence-electron chi connectivity index (χ4n) is 1.96. The Labute approximate surface area is 158 Å². The summed E-state index contributed by atoms with van der Waals surface area (Å²) in [5.41, 5.74) is 1.59. The molecule has 6 heteroatoms. The zero-order chi connectivity index (χ0) is 18.4. The first kappa shape index (κ1) is 19.4. The van der Waals surface area contributed by atoms with E-state index >= 15 is 0 Å². The fraction of sp³-hybridized carbons (Fsp3) is 0.421. The highest BCUT2D eigenvalue weighted by Crippen LogP contribution is 2.27. The van der Waals surface area contributed by atoms with Crippen LogP contribution in [0.25, 0.3) is 0 Å². The Balaban J connectivity index is 2.39. The molecule has 2 heterocycles. The molecule has 0 amide bonds. The minimum atomic E-state index is 0.240. The van der Waals surface area contributed by atoms with Crippen LogP contribution in [0.3, 0.4) is 0 Å². The van der Waals surface area contributed by atoms with Crippen molar-refractivity contribution >= 4 is 40.7 Å². The van der Waals surface area contributed by atoms with E-state index in [2.05, 4.69) is 59.8 Å². The van der Waals surface area contributed by atoms with E-state index in [1.807, 2.05) is 25.3 Å². The van der Waals surface area contributed by atoms with Gasteiger partial charge in [0.25, 0.3) is 0 Å². The number of rotatable bonds is 5. The van der Waals surface area contributed by atoms with Crippen molar-refractivity contribution in [2.45, 2.75) is 47.1 Å². The van der Waals surface area contributed by atoms with Crippen molar-refractivity contribution in [3.05, 3.63) is 32.9 Å². The van der Waals surface area contributed by atoms with E-state index in [0.717, 1.165) is 32.8 Å². The smallest absolute Gasteiger partial charge is 0.207 e. The summed E-state index contributed by atoms with van der Waals surface area (Å²) in [5, 5.41) is 3.35. The van der Waals surface area contributed by atoms with Crippen LogP contribution in [0.15, 0.2) is 17.1 Å². The molecule has 0 aromatic carbocycles. The molecule has 2 aromatic rings. The zero-order valence-corrected chi connectivity index (χ0v) is 16.8. The maximum atomic E-state index is 5.94. The first-order chi connectivity index (χ1) is 11.9. The van der Waals surface area contributed by atoms with E-state index in [1.165, 1.54) is 11.3 Å². The van der Waals surface area contributed by atoms with Crippen molar-refractivity contribution in [1.82, 2.24) is 9.97 Å². The molecular weight excluding hydrogens is 352 g/mol. The van der Waals surface area contributed by atoms with Gasteiger partial charge in [0, 0.05) is 12.3 Å². The molecule has 1 atom stereocenters. The molecule has 0 saturated heterocycles. The predicted molar refractivity (Wildman–Crippen MR) is 108 cm³/mol. The first-order valence-electron chi connectivity index (χ1n) is 8.35. The maximum absolute atomic E-state index is 5.94. The summed E-state index contributed by atoms with van der Waals surface area (Å²) in [6, 6.07) is 3.97. The molecule has 2 aromatic heterocycles. The Morgan fingerprint density at radius 2 is 2.04 bits per heavy atom.